The van der Waals surface area contributed by atoms with Gasteiger partial charge in [0.05, 0.1) is 0 Å². The Labute approximate surface area is 158 Å². The highest BCUT2D eigenvalue weighted by atomic mass is 79.9. The molecule has 0 aliphatic rings. The fourth-order valence-corrected chi connectivity index (χ4v) is 3.67. The standard InChI is InChI=1S/C22H23P.BrH/c23-18-10-17-22(19-11-4-1-5-12-19,20-13-6-2-7-14-20)21-15-8-3-9-16-21;/h1-9,11-16H,10,17-18,23H2;1H. The second kappa shape index (κ2) is 9.16. The van der Waals surface area contributed by atoms with E-state index >= 15 is 0 Å². The van der Waals surface area contributed by atoms with Gasteiger partial charge in [-0.25, -0.2) is 0 Å². The van der Waals surface area contributed by atoms with E-state index in [1.165, 1.54) is 23.1 Å². The molecule has 0 aliphatic carbocycles. The molecular weight excluding hydrogens is 375 g/mol. The maximum absolute atomic E-state index is 2.87. The lowest BCUT2D eigenvalue weighted by Gasteiger charge is -2.36. The van der Waals surface area contributed by atoms with Crippen LogP contribution in [0.2, 0.25) is 0 Å². The number of rotatable bonds is 6. The summed E-state index contributed by atoms with van der Waals surface area (Å²) in [5.41, 5.74) is 4.03. The fraction of sp³-hybridized carbons (Fsp3) is 0.182. The molecule has 0 N–H and O–H groups in total. The molecule has 3 aromatic carbocycles. The summed E-state index contributed by atoms with van der Waals surface area (Å²) in [4.78, 5) is 0. The van der Waals surface area contributed by atoms with Crippen molar-refractivity contribution in [2.45, 2.75) is 18.3 Å². The molecule has 0 fully saturated rings. The molecule has 0 bridgehead atoms. The minimum absolute atomic E-state index is 0. The van der Waals surface area contributed by atoms with E-state index in [9.17, 15) is 0 Å². The summed E-state index contributed by atoms with van der Waals surface area (Å²) < 4.78 is 0. The van der Waals surface area contributed by atoms with Crippen molar-refractivity contribution >= 4 is 26.2 Å². The van der Waals surface area contributed by atoms with Crippen LogP contribution in [-0.2, 0) is 5.41 Å². The van der Waals surface area contributed by atoms with E-state index in [1.807, 2.05) is 0 Å². The van der Waals surface area contributed by atoms with Crippen LogP contribution in [0.25, 0.3) is 0 Å². The van der Waals surface area contributed by atoms with Crippen molar-refractivity contribution in [1.82, 2.24) is 0 Å². The van der Waals surface area contributed by atoms with E-state index in [4.69, 9.17) is 0 Å². The van der Waals surface area contributed by atoms with Gasteiger partial charge in [-0.05, 0) is 35.7 Å². The first kappa shape index (κ1) is 18.9. The summed E-state index contributed by atoms with van der Waals surface area (Å²) in [7, 11) is 2.87. The Bertz CT molecular complexity index is 614. The summed E-state index contributed by atoms with van der Waals surface area (Å²) in [6, 6.07) is 32.8. The first-order chi connectivity index (χ1) is 11.4. The van der Waals surface area contributed by atoms with E-state index in [2.05, 4.69) is 100 Å². The summed E-state index contributed by atoms with van der Waals surface area (Å²) in [5.74, 6) is 0. The first-order valence-electron chi connectivity index (χ1n) is 8.24. The van der Waals surface area contributed by atoms with Crippen LogP contribution in [0.1, 0.15) is 29.5 Å². The molecule has 124 valence electrons. The van der Waals surface area contributed by atoms with Gasteiger partial charge in [-0.15, -0.1) is 26.2 Å². The Morgan fingerprint density at radius 1 is 0.583 bits per heavy atom. The van der Waals surface area contributed by atoms with Gasteiger partial charge < -0.3 is 0 Å². The van der Waals surface area contributed by atoms with Gasteiger partial charge in [-0.3, -0.25) is 0 Å². The maximum atomic E-state index is 2.87. The van der Waals surface area contributed by atoms with Gasteiger partial charge in [-0.1, -0.05) is 91.0 Å². The summed E-state index contributed by atoms with van der Waals surface area (Å²) in [6.07, 6.45) is 3.39. The van der Waals surface area contributed by atoms with Crippen LogP contribution in [0.15, 0.2) is 91.0 Å². The van der Waals surface area contributed by atoms with Crippen molar-refractivity contribution in [3.8, 4) is 0 Å². The Hall–Kier alpha value is -1.43. The van der Waals surface area contributed by atoms with E-state index in [1.54, 1.807) is 0 Å². The third kappa shape index (κ3) is 3.79. The minimum Gasteiger partial charge on any atom is -0.138 e. The lowest BCUT2D eigenvalue weighted by molar-refractivity contribution is 0.553. The quantitative estimate of drug-likeness (QED) is 0.339. The molecule has 3 rings (SSSR count). The Morgan fingerprint density at radius 2 is 0.917 bits per heavy atom. The zero-order chi connectivity index (χ0) is 16.0. The smallest absolute Gasteiger partial charge is 0.0451 e. The average molecular weight is 399 g/mol. The lowest BCUT2D eigenvalue weighted by atomic mass is 9.67. The predicted molar refractivity (Wildman–Crippen MR) is 113 cm³/mol. The second-order valence-corrected chi connectivity index (χ2v) is 6.47. The van der Waals surface area contributed by atoms with Crippen molar-refractivity contribution < 1.29 is 0 Å². The highest BCUT2D eigenvalue weighted by Gasteiger charge is 2.35. The van der Waals surface area contributed by atoms with Gasteiger partial charge in [0.25, 0.3) is 0 Å². The highest BCUT2D eigenvalue weighted by molar-refractivity contribution is 8.93. The summed E-state index contributed by atoms with van der Waals surface area (Å²) >= 11 is 0. The van der Waals surface area contributed by atoms with Gasteiger partial charge in [0.15, 0.2) is 0 Å². The van der Waals surface area contributed by atoms with Crippen LogP contribution >= 0.6 is 26.2 Å². The third-order valence-electron chi connectivity index (χ3n) is 4.56. The summed E-state index contributed by atoms with van der Waals surface area (Å²) in [5, 5.41) is 0. The van der Waals surface area contributed by atoms with E-state index in [0.717, 1.165) is 12.6 Å². The molecule has 0 nitrogen and oxygen atoms in total. The maximum Gasteiger partial charge on any atom is 0.0451 e. The Morgan fingerprint density at radius 3 is 1.21 bits per heavy atom. The van der Waals surface area contributed by atoms with Crippen molar-refractivity contribution in [2.24, 2.45) is 0 Å². The molecule has 1 atom stereocenters. The average Bonchev–Trinajstić information content (AvgIpc) is 2.65. The van der Waals surface area contributed by atoms with E-state index < -0.39 is 0 Å². The molecule has 0 aromatic heterocycles. The normalized spacial score (nSPS) is 10.9. The molecule has 0 heterocycles. The summed E-state index contributed by atoms with van der Waals surface area (Å²) in [6.45, 7) is 0. The molecule has 0 aliphatic heterocycles. The van der Waals surface area contributed by atoms with Crippen LogP contribution in [0.5, 0.6) is 0 Å². The number of hydrogen-bond donors (Lipinski definition) is 0. The molecule has 0 saturated heterocycles. The molecule has 24 heavy (non-hydrogen) atoms. The lowest BCUT2D eigenvalue weighted by Crippen LogP contribution is -2.29. The molecule has 0 radical (unpaired) electrons. The molecule has 0 saturated carbocycles. The second-order valence-electron chi connectivity index (χ2n) is 5.90. The highest BCUT2D eigenvalue weighted by Crippen LogP contribution is 2.43. The predicted octanol–water partition coefficient (Wildman–Crippen LogP) is 6.25. The van der Waals surface area contributed by atoms with Gasteiger partial charge in [0.2, 0.25) is 0 Å². The molecular formula is C22H24BrP. The van der Waals surface area contributed by atoms with Crippen molar-refractivity contribution in [3.05, 3.63) is 108 Å². The van der Waals surface area contributed by atoms with Crippen molar-refractivity contribution in [1.29, 1.82) is 0 Å². The van der Waals surface area contributed by atoms with Crippen molar-refractivity contribution in [2.75, 3.05) is 6.16 Å². The van der Waals surface area contributed by atoms with Crippen LogP contribution in [-0.4, -0.2) is 6.16 Å². The van der Waals surface area contributed by atoms with Crippen LogP contribution in [0.3, 0.4) is 0 Å². The van der Waals surface area contributed by atoms with E-state index in [0.29, 0.717) is 0 Å². The van der Waals surface area contributed by atoms with Crippen LogP contribution < -0.4 is 0 Å². The zero-order valence-electron chi connectivity index (χ0n) is 13.8. The van der Waals surface area contributed by atoms with Gasteiger partial charge in [0.1, 0.15) is 0 Å². The topological polar surface area (TPSA) is 0 Å². The molecule has 3 aromatic rings. The Kier molecular flexibility index (Phi) is 7.21. The zero-order valence-corrected chi connectivity index (χ0v) is 16.6. The number of hydrogen-bond acceptors (Lipinski definition) is 0. The van der Waals surface area contributed by atoms with Crippen LogP contribution in [0.4, 0.5) is 0 Å². The third-order valence-corrected chi connectivity index (χ3v) is 4.96. The molecule has 0 amide bonds. The van der Waals surface area contributed by atoms with Gasteiger partial charge >= 0.3 is 0 Å². The fourth-order valence-electron chi connectivity index (χ4n) is 3.47. The largest absolute Gasteiger partial charge is 0.138 e. The monoisotopic (exact) mass is 398 g/mol. The number of benzene rings is 3. The minimum atomic E-state index is -0.0830. The molecule has 0 spiro atoms. The van der Waals surface area contributed by atoms with E-state index in [-0.39, 0.29) is 22.4 Å². The van der Waals surface area contributed by atoms with Crippen LogP contribution in [0, 0.1) is 0 Å². The number of halogens is 1. The SMILES string of the molecule is Br.PCCCC(c1ccccc1)(c1ccccc1)c1ccccc1. The van der Waals surface area contributed by atoms with Gasteiger partial charge in [0, 0.05) is 5.41 Å². The molecule has 1 unspecified atom stereocenters. The Balaban J connectivity index is 0.00000208. The first-order valence-corrected chi connectivity index (χ1v) is 9.06. The molecule has 2 heteroatoms. The van der Waals surface area contributed by atoms with Gasteiger partial charge in [-0.2, -0.15) is 0 Å². The van der Waals surface area contributed by atoms with Crippen molar-refractivity contribution in [3.63, 3.8) is 0 Å².